The third-order valence-corrected chi connectivity index (χ3v) is 2.83. The maximum Gasteiger partial charge on any atom is 0.255 e. The highest BCUT2D eigenvalue weighted by molar-refractivity contribution is 5.95. The molecule has 0 bridgehead atoms. The van der Waals surface area contributed by atoms with Crippen molar-refractivity contribution >= 4 is 5.91 Å². The zero-order valence-electron chi connectivity index (χ0n) is 10.9. The maximum absolute atomic E-state index is 12.5. The van der Waals surface area contributed by atoms with E-state index in [1.165, 1.54) is 12.1 Å². The number of benzene rings is 1. The van der Waals surface area contributed by atoms with Gasteiger partial charge in [-0.3, -0.25) is 4.79 Å². The van der Waals surface area contributed by atoms with Gasteiger partial charge in [-0.05, 0) is 18.2 Å². The minimum Gasteiger partial charge on any atom is -0.486 e. The van der Waals surface area contributed by atoms with Gasteiger partial charge >= 0.3 is 0 Å². The van der Waals surface area contributed by atoms with E-state index in [-0.39, 0.29) is 18.7 Å². The molecule has 0 aliphatic carbocycles. The molecule has 0 saturated heterocycles. The Bertz CT molecular complexity index is 483. The first-order valence-electron chi connectivity index (χ1n) is 6.29. The van der Waals surface area contributed by atoms with E-state index in [2.05, 4.69) is 0 Å². The normalized spacial score (nSPS) is 13.4. The fraction of sp³-hybridized carbons (Fsp3) is 0.462. The van der Waals surface area contributed by atoms with Crippen LogP contribution in [-0.4, -0.2) is 50.1 Å². The average Bonchev–Trinajstić information content (AvgIpc) is 2.45. The number of nitrogens with zero attached hydrogens (tertiary/aromatic N) is 1. The van der Waals surface area contributed by atoms with Crippen molar-refractivity contribution in [1.29, 1.82) is 0 Å². The molecule has 1 amide bonds. The van der Waals surface area contributed by atoms with Crippen molar-refractivity contribution in [2.24, 2.45) is 5.73 Å². The second kappa shape index (κ2) is 6.51. The summed E-state index contributed by atoms with van der Waals surface area (Å²) in [6.45, 7) is 0.421. The summed E-state index contributed by atoms with van der Waals surface area (Å²) in [7, 11) is 0. The van der Waals surface area contributed by atoms with Gasteiger partial charge < -0.3 is 20.1 Å². The molecule has 1 aromatic rings. The van der Waals surface area contributed by atoms with Crippen LogP contribution in [0, 0.1) is 0 Å². The molecule has 110 valence electrons. The largest absolute Gasteiger partial charge is 0.486 e. The highest BCUT2D eigenvalue weighted by Crippen LogP contribution is 2.31. The van der Waals surface area contributed by atoms with Crippen molar-refractivity contribution in [3.8, 4) is 11.5 Å². The van der Waals surface area contributed by atoms with Crippen LogP contribution < -0.4 is 15.2 Å². The fourth-order valence-electron chi connectivity index (χ4n) is 1.96. The Balaban J connectivity index is 2.17. The molecule has 7 heteroatoms. The van der Waals surface area contributed by atoms with E-state index in [9.17, 15) is 13.6 Å². The summed E-state index contributed by atoms with van der Waals surface area (Å²) in [5.41, 5.74) is 5.63. The maximum atomic E-state index is 12.5. The van der Waals surface area contributed by atoms with Crippen molar-refractivity contribution in [3.63, 3.8) is 0 Å². The third-order valence-electron chi connectivity index (χ3n) is 2.83. The minimum atomic E-state index is -2.59. The lowest BCUT2D eigenvalue weighted by Crippen LogP contribution is -2.38. The Morgan fingerprint density at radius 2 is 2.00 bits per heavy atom. The van der Waals surface area contributed by atoms with Gasteiger partial charge in [0.15, 0.2) is 11.5 Å². The van der Waals surface area contributed by atoms with Crippen LogP contribution in [0.3, 0.4) is 0 Å². The molecule has 0 saturated carbocycles. The summed E-state index contributed by atoms with van der Waals surface area (Å²) < 4.78 is 35.7. The number of fused-ring (bicyclic) bond motifs is 1. The van der Waals surface area contributed by atoms with Crippen LogP contribution in [0.4, 0.5) is 8.78 Å². The number of alkyl halides is 2. The quantitative estimate of drug-likeness (QED) is 0.881. The Morgan fingerprint density at radius 3 is 2.65 bits per heavy atom. The molecule has 0 atom stereocenters. The Kier molecular flexibility index (Phi) is 4.73. The summed E-state index contributed by atoms with van der Waals surface area (Å²) in [5.74, 6) is 0.506. The summed E-state index contributed by atoms with van der Waals surface area (Å²) in [4.78, 5) is 13.2. The van der Waals surface area contributed by atoms with Gasteiger partial charge in [-0.1, -0.05) is 0 Å². The SMILES string of the molecule is NCCN(CC(F)F)C(=O)c1ccc2c(c1)OCCO2. The third kappa shape index (κ3) is 3.36. The molecule has 1 aromatic carbocycles. The monoisotopic (exact) mass is 286 g/mol. The first-order valence-corrected chi connectivity index (χ1v) is 6.29. The molecular formula is C13H16F2N2O3. The smallest absolute Gasteiger partial charge is 0.255 e. The Morgan fingerprint density at radius 1 is 1.30 bits per heavy atom. The van der Waals surface area contributed by atoms with Crippen molar-refractivity contribution in [3.05, 3.63) is 23.8 Å². The molecule has 1 heterocycles. The van der Waals surface area contributed by atoms with Gasteiger partial charge in [0, 0.05) is 18.7 Å². The number of hydrogen-bond acceptors (Lipinski definition) is 4. The predicted octanol–water partition coefficient (Wildman–Crippen LogP) is 1.12. The van der Waals surface area contributed by atoms with Gasteiger partial charge in [-0.15, -0.1) is 0 Å². The van der Waals surface area contributed by atoms with E-state index in [4.69, 9.17) is 15.2 Å². The van der Waals surface area contributed by atoms with Gasteiger partial charge in [0.2, 0.25) is 0 Å². The van der Waals surface area contributed by atoms with E-state index in [1.807, 2.05) is 0 Å². The number of rotatable bonds is 5. The van der Waals surface area contributed by atoms with Gasteiger partial charge in [0.05, 0.1) is 6.54 Å². The first-order chi connectivity index (χ1) is 9.61. The minimum absolute atomic E-state index is 0.0810. The highest BCUT2D eigenvalue weighted by atomic mass is 19.3. The molecule has 5 nitrogen and oxygen atoms in total. The molecule has 20 heavy (non-hydrogen) atoms. The number of nitrogens with two attached hydrogens (primary N) is 1. The van der Waals surface area contributed by atoms with Crippen LogP contribution in [-0.2, 0) is 0 Å². The van der Waals surface area contributed by atoms with Crippen LogP contribution in [0.2, 0.25) is 0 Å². The molecule has 1 aliphatic rings. The van der Waals surface area contributed by atoms with Gasteiger partial charge in [0.1, 0.15) is 13.2 Å². The summed E-state index contributed by atoms with van der Waals surface area (Å²) in [5, 5.41) is 0. The van der Waals surface area contributed by atoms with E-state index in [1.54, 1.807) is 6.07 Å². The number of halogens is 2. The number of amides is 1. The molecule has 0 radical (unpaired) electrons. The zero-order valence-corrected chi connectivity index (χ0v) is 10.9. The number of hydrogen-bond donors (Lipinski definition) is 1. The number of carbonyl (C=O) groups excluding carboxylic acids is 1. The number of carbonyl (C=O) groups is 1. The molecule has 0 spiro atoms. The van der Waals surface area contributed by atoms with E-state index >= 15 is 0 Å². The Hall–Kier alpha value is -1.89. The highest BCUT2D eigenvalue weighted by Gasteiger charge is 2.21. The Labute approximate surface area is 115 Å². The first kappa shape index (κ1) is 14.5. The molecule has 2 N–H and O–H groups in total. The second-order valence-corrected chi connectivity index (χ2v) is 4.29. The molecule has 0 aromatic heterocycles. The topological polar surface area (TPSA) is 64.8 Å². The molecule has 0 unspecified atom stereocenters. The van der Waals surface area contributed by atoms with Gasteiger partial charge in [-0.2, -0.15) is 0 Å². The van der Waals surface area contributed by atoms with Crippen LogP contribution in [0.25, 0.3) is 0 Å². The van der Waals surface area contributed by atoms with Crippen LogP contribution in [0.5, 0.6) is 11.5 Å². The number of ether oxygens (including phenoxy) is 2. The summed E-state index contributed by atoms with van der Waals surface area (Å²) >= 11 is 0. The van der Waals surface area contributed by atoms with E-state index in [0.717, 1.165) is 4.90 Å². The van der Waals surface area contributed by atoms with Crippen LogP contribution in [0.15, 0.2) is 18.2 Å². The lowest BCUT2D eigenvalue weighted by Gasteiger charge is -2.23. The fourth-order valence-corrected chi connectivity index (χ4v) is 1.96. The van der Waals surface area contributed by atoms with E-state index in [0.29, 0.717) is 24.7 Å². The van der Waals surface area contributed by atoms with Crippen LogP contribution in [0.1, 0.15) is 10.4 Å². The average molecular weight is 286 g/mol. The summed E-state index contributed by atoms with van der Waals surface area (Å²) in [6, 6.07) is 4.64. The molecular weight excluding hydrogens is 270 g/mol. The van der Waals surface area contributed by atoms with Crippen molar-refractivity contribution in [2.75, 3.05) is 32.8 Å². The van der Waals surface area contributed by atoms with E-state index < -0.39 is 18.9 Å². The molecule has 2 rings (SSSR count). The second-order valence-electron chi connectivity index (χ2n) is 4.29. The van der Waals surface area contributed by atoms with Gasteiger partial charge in [0.25, 0.3) is 12.3 Å². The standard InChI is InChI=1S/C13H16F2N2O3/c14-12(15)8-17(4-3-16)13(18)9-1-2-10-11(7-9)20-6-5-19-10/h1-2,7,12H,3-6,8,16H2. The van der Waals surface area contributed by atoms with Gasteiger partial charge in [-0.25, -0.2) is 8.78 Å². The zero-order chi connectivity index (χ0) is 14.5. The van der Waals surface area contributed by atoms with Crippen LogP contribution >= 0.6 is 0 Å². The molecule has 0 fully saturated rings. The predicted molar refractivity (Wildman–Crippen MR) is 68.4 cm³/mol. The van der Waals surface area contributed by atoms with Crippen molar-refractivity contribution < 1.29 is 23.0 Å². The van der Waals surface area contributed by atoms with Crippen molar-refractivity contribution in [1.82, 2.24) is 4.90 Å². The van der Waals surface area contributed by atoms with Crippen molar-refractivity contribution in [2.45, 2.75) is 6.43 Å². The lowest BCUT2D eigenvalue weighted by molar-refractivity contribution is 0.0562. The molecule has 1 aliphatic heterocycles. The lowest BCUT2D eigenvalue weighted by atomic mass is 10.1. The summed E-state index contributed by atoms with van der Waals surface area (Å²) in [6.07, 6.45) is -2.59.